The second-order valence-electron chi connectivity index (χ2n) is 6.55. The summed E-state index contributed by atoms with van der Waals surface area (Å²) in [5.74, 6) is 1.70. The lowest BCUT2D eigenvalue weighted by molar-refractivity contribution is 0.302. The highest BCUT2D eigenvalue weighted by molar-refractivity contribution is 5.48. The van der Waals surface area contributed by atoms with Crippen molar-refractivity contribution < 1.29 is 0 Å². The molecule has 1 aromatic carbocycles. The number of para-hydroxylation sites is 1. The minimum absolute atomic E-state index is 0.715. The standard InChI is InChI=1S/C19H31N/c1-2-3-4-5-6-9-16-12-14-17(15-13-16)18-10-7-8-11-19(18)20/h7-8,10-11,16-17H,2-6,9,12-15,20H2,1H3. The van der Waals surface area contributed by atoms with Gasteiger partial charge in [0, 0.05) is 5.69 Å². The summed E-state index contributed by atoms with van der Waals surface area (Å²) in [6.45, 7) is 2.29. The Kier molecular flexibility index (Phi) is 6.42. The number of hydrogen-bond acceptors (Lipinski definition) is 1. The van der Waals surface area contributed by atoms with Crippen molar-refractivity contribution in [3.63, 3.8) is 0 Å². The van der Waals surface area contributed by atoms with Crippen LogP contribution in [0.2, 0.25) is 0 Å². The molecule has 0 amide bonds. The molecule has 1 nitrogen and oxygen atoms in total. The predicted molar refractivity (Wildman–Crippen MR) is 88.9 cm³/mol. The molecule has 1 fully saturated rings. The summed E-state index contributed by atoms with van der Waals surface area (Å²) in [6.07, 6.45) is 14.1. The van der Waals surface area contributed by atoms with Crippen LogP contribution in [0.5, 0.6) is 0 Å². The molecule has 0 spiro atoms. The van der Waals surface area contributed by atoms with Crippen molar-refractivity contribution in [3.05, 3.63) is 29.8 Å². The SMILES string of the molecule is CCCCCCCC1CCC(c2ccccc2N)CC1. The molecule has 0 unspecified atom stereocenters. The molecule has 2 rings (SSSR count). The van der Waals surface area contributed by atoms with Gasteiger partial charge >= 0.3 is 0 Å². The first-order chi connectivity index (χ1) is 9.81. The molecule has 1 saturated carbocycles. The van der Waals surface area contributed by atoms with E-state index < -0.39 is 0 Å². The van der Waals surface area contributed by atoms with E-state index in [1.165, 1.54) is 69.8 Å². The topological polar surface area (TPSA) is 26.0 Å². The van der Waals surface area contributed by atoms with Gasteiger partial charge in [0.2, 0.25) is 0 Å². The Labute approximate surface area is 125 Å². The smallest absolute Gasteiger partial charge is 0.0349 e. The lowest BCUT2D eigenvalue weighted by Crippen LogP contribution is -2.14. The second kappa shape index (κ2) is 8.34. The van der Waals surface area contributed by atoms with Gasteiger partial charge < -0.3 is 5.73 Å². The van der Waals surface area contributed by atoms with Gasteiger partial charge in [-0.05, 0) is 49.1 Å². The van der Waals surface area contributed by atoms with Crippen LogP contribution in [-0.4, -0.2) is 0 Å². The average molecular weight is 273 g/mol. The summed E-state index contributed by atoms with van der Waals surface area (Å²) in [5.41, 5.74) is 8.51. The zero-order valence-corrected chi connectivity index (χ0v) is 13.1. The molecule has 2 N–H and O–H groups in total. The van der Waals surface area contributed by atoms with Gasteiger partial charge in [-0.25, -0.2) is 0 Å². The minimum atomic E-state index is 0.715. The van der Waals surface area contributed by atoms with Gasteiger partial charge in [0.05, 0.1) is 0 Å². The highest BCUT2D eigenvalue weighted by Crippen LogP contribution is 2.39. The first-order valence-corrected chi connectivity index (χ1v) is 8.65. The summed E-state index contributed by atoms with van der Waals surface area (Å²) in [7, 11) is 0. The van der Waals surface area contributed by atoms with E-state index in [1.54, 1.807) is 0 Å². The molecule has 0 radical (unpaired) electrons. The third-order valence-electron chi connectivity index (χ3n) is 5.00. The van der Waals surface area contributed by atoms with Crippen molar-refractivity contribution in [1.82, 2.24) is 0 Å². The van der Waals surface area contributed by atoms with Gasteiger partial charge in [-0.1, -0.05) is 63.6 Å². The van der Waals surface area contributed by atoms with Crippen molar-refractivity contribution >= 4 is 5.69 Å². The summed E-state index contributed by atoms with van der Waals surface area (Å²) >= 11 is 0. The normalized spacial score (nSPS) is 22.9. The van der Waals surface area contributed by atoms with Crippen molar-refractivity contribution in [2.45, 2.75) is 77.0 Å². The van der Waals surface area contributed by atoms with Gasteiger partial charge in [-0.15, -0.1) is 0 Å². The van der Waals surface area contributed by atoms with Crippen molar-refractivity contribution in [2.75, 3.05) is 5.73 Å². The Morgan fingerprint density at radius 2 is 1.65 bits per heavy atom. The van der Waals surface area contributed by atoms with Crippen LogP contribution in [0.1, 0.15) is 82.6 Å². The molecule has 0 aromatic heterocycles. The Bertz CT molecular complexity index is 377. The second-order valence-corrected chi connectivity index (χ2v) is 6.55. The van der Waals surface area contributed by atoms with E-state index in [1.807, 2.05) is 6.07 Å². The number of nitrogens with two attached hydrogens (primary N) is 1. The molecule has 0 atom stereocenters. The Balaban J connectivity index is 1.69. The maximum atomic E-state index is 6.11. The molecule has 0 heterocycles. The minimum Gasteiger partial charge on any atom is -0.398 e. The van der Waals surface area contributed by atoms with Crippen LogP contribution in [0.25, 0.3) is 0 Å². The van der Waals surface area contributed by atoms with Crippen LogP contribution in [0, 0.1) is 5.92 Å². The van der Waals surface area contributed by atoms with Gasteiger partial charge in [-0.3, -0.25) is 0 Å². The molecule has 1 aliphatic carbocycles. The van der Waals surface area contributed by atoms with E-state index in [-0.39, 0.29) is 0 Å². The van der Waals surface area contributed by atoms with Crippen LogP contribution < -0.4 is 5.73 Å². The van der Waals surface area contributed by atoms with Gasteiger partial charge in [0.15, 0.2) is 0 Å². The number of benzene rings is 1. The quantitative estimate of drug-likeness (QED) is 0.485. The first-order valence-electron chi connectivity index (χ1n) is 8.65. The average Bonchev–Trinajstić information content (AvgIpc) is 2.48. The maximum absolute atomic E-state index is 6.11. The number of unbranched alkanes of at least 4 members (excludes halogenated alkanes) is 4. The van der Waals surface area contributed by atoms with Crippen molar-refractivity contribution in [2.24, 2.45) is 5.92 Å². The molecule has 0 saturated heterocycles. The fourth-order valence-electron chi connectivity index (χ4n) is 3.68. The van der Waals surface area contributed by atoms with E-state index in [0.29, 0.717) is 5.92 Å². The summed E-state index contributed by atoms with van der Waals surface area (Å²) in [6, 6.07) is 8.45. The van der Waals surface area contributed by atoms with Crippen LogP contribution in [-0.2, 0) is 0 Å². The molecule has 0 aliphatic heterocycles. The lowest BCUT2D eigenvalue weighted by Gasteiger charge is -2.29. The number of nitrogen functional groups attached to an aromatic ring is 1. The Hall–Kier alpha value is -0.980. The number of rotatable bonds is 7. The van der Waals surface area contributed by atoms with Gasteiger partial charge in [0.25, 0.3) is 0 Å². The van der Waals surface area contributed by atoms with E-state index >= 15 is 0 Å². The fraction of sp³-hybridized carbons (Fsp3) is 0.684. The highest BCUT2D eigenvalue weighted by Gasteiger charge is 2.22. The molecule has 1 aliphatic rings. The monoisotopic (exact) mass is 273 g/mol. The Morgan fingerprint density at radius 1 is 0.950 bits per heavy atom. The molecule has 20 heavy (non-hydrogen) atoms. The zero-order chi connectivity index (χ0) is 14.2. The van der Waals surface area contributed by atoms with Crippen molar-refractivity contribution in [1.29, 1.82) is 0 Å². The predicted octanol–water partition coefficient (Wildman–Crippen LogP) is 5.90. The number of anilines is 1. The third kappa shape index (κ3) is 4.54. The van der Waals surface area contributed by atoms with Crippen LogP contribution in [0.3, 0.4) is 0 Å². The maximum Gasteiger partial charge on any atom is 0.0349 e. The molecule has 0 bridgehead atoms. The number of hydrogen-bond donors (Lipinski definition) is 1. The summed E-state index contributed by atoms with van der Waals surface area (Å²) in [4.78, 5) is 0. The van der Waals surface area contributed by atoms with Crippen LogP contribution in [0.15, 0.2) is 24.3 Å². The molecule has 1 aromatic rings. The summed E-state index contributed by atoms with van der Waals surface area (Å²) < 4.78 is 0. The van der Waals surface area contributed by atoms with Gasteiger partial charge in [0.1, 0.15) is 0 Å². The third-order valence-corrected chi connectivity index (χ3v) is 5.00. The first kappa shape index (κ1) is 15.4. The molecule has 1 heteroatoms. The molecular formula is C19H31N. The Morgan fingerprint density at radius 3 is 2.35 bits per heavy atom. The fourth-order valence-corrected chi connectivity index (χ4v) is 3.68. The van der Waals surface area contributed by atoms with E-state index in [2.05, 4.69) is 25.1 Å². The van der Waals surface area contributed by atoms with Gasteiger partial charge in [-0.2, -0.15) is 0 Å². The summed E-state index contributed by atoms with van der Waals surface area (Å²) in [5, 5.41) is 0. The zero-order valence-electron chi connectivity index (χ0n) is 13.1. The highest BCUT2D eigenvalue weighted by atomic mass is 14.6. The molecular weight excluding hydrogens is 242 g/mol. The molecule has 112 valence electrons. The van der Waals surface area contributed by atoms with E-state index in [9.17, 15) is 0 Å². The largest absolute Gasteiger partial charge is 0.398 e. The van der Waals surface area contributed by atoms with E-state index in [0.717, 1.165) is 11.6 Å². The van der Waals surface area contributed by atoms with Crippen LogP contribution in [0.4, 0.5) is 5.69 Å². The van der Waals surface area contributed by atoms with Crippen molar-refractivity contribution in [3.8, 4) is 0 Å². The lowest BCUT2D eigenvalue weighted by atomic mass is 9.76. The van der Waals surface area contributed by atoms with E-state index in [4.69, 9.17) is 5.73 Å². The van der Waals surface area contributed by atoms with Crippen LogP contribution >= 0.6 is 0 Å².